The van der Waals surface area contributed by atoms with E-state index in [-0.39, 0.29) is 5.91 Å². The monoisotopic (exact) mass is 221 g/mol. The highest BCUT2D eigenvalue weighted by Gasteiger charge is 2.26. The molecule has 0 saturated heterocycles. The zero-order valence-corrected chi connectivity index (χ0v) is 9.18. The number of amides is 1. The maximum Gasteiger partial charge on any atom is 0.274 e. The molecule has 0 spiro atoms. The molecule has 6 heteroatoms. The third kappa shape index (κ3) is 1.96. The molecular formula is C10H15N5O. The van der Waals surface area contributed by atoms with Gasteiger partial charge in [0.15, 0.2) is 5.82 Å². The van der Waals surface area contributed by atoms with Gasteiger partial charge in [-0.2, -0.15) is 0 Å². The zero-order valence-electron chi connectivity index (χ0n) is 9.18. The third-order valence-electron chi connectivity index (χ3n) is 2.96. The number of nitrogens with one attached hydrogen (secondary N) is 1. The van der Waals surface area contributed by atoms with Crippen molar-refractivity contribution in [2.45, 2.75) is 25.3 Å². The SMILES string of the molecule is CN(C(=O)c1cnc(NN)cn1)C1CCC1. The van der Waals surface area contributed by atoms with Crippen LogP contribution in [0.15, 0.2) is 12.4 Å². The van der Waals surface area contributed by atoms with E-state index >= 15 is 0 Å². The van der Waals surface area contributed by atoms with Crippen LogP contribution >= 0.6 is 0 Å². The van der Waals surface area contributed by atoms with Crippen molar-refractivity contribution in [3.63, 3.8) is 0 Å². The Kier molecular flexibility index (Phi) is 3.00. The lowest BCUT2D eigenvalue weighted by atomic mass is 9.92. The Bertz CT molecular complexity index is 373. The van der Waals surface area contributed by atoms with Crippen LogP contribution in [0.3, 0.4) is 0 Å². The standard InChI is InChI=1S/C10H15N5O/c1-15(7-3-2-4-7)10(16)8-5-13-9(14-11)6-12-8/h5-7H,2-4,11H2,1H3,(H,13,14). The van der Waals surface area contributed by atoms with Gasteiger partial charge in [-0.1, -0.05) is 0 Å². The van der Waals surface area contributed by atoms with Crippen LogP contribution in [0.4, 0.5) is 5.82 Å². The second-order valence-electron chi connectivity index (χ2n) is 3.93. The van der Waals surface area contributed by atoms with Crippen molar-refractivity contribution in [3.8, 4) is 0 Å². The largest absolute Gasteiger partial charge is 0.337 e. The number of aromatic nitrogens is 2. The lowest BCUT2D eigenvalue weighted by Gasteiger charge is -2.34. The number of hydrogen-bond donors (Lipinski definition) is 2. The Hall–Kier alpha value is -1.69. The first-order chi connectivity index (χ1) is 7.72. The van der Waals surface area contributed by atoms with Gasteiger partial charge in [0.05, 0.1) is 12.4 Å². The first-order valence-corrected chi connectivity index (χ1v) is 5.28. The average Bonchev–Trinajstić information content (AvgIpc) is 2.26. The molecule has 1 aromatic heterocycles. The van der Waals surface area contributed by atoms with Gasteiger partial charge in [-0.05, 0) is 19.3 Å². The molecule has 0 radical (unpaired) electrons. The Morgan fingerprint density at radius 1 is 1.50 bits per heavy atom. The van der Waals surface area contributed by atoms with E-state index in [1.54, 1.807) is 4.90 Å². The van der Waals surface area contributed by atoms with E-state index in [0.717, 1.165) is 12.8 Å². The Balaban J connectivity index is 2.07. The van der Waals surface area contributed by atoms with Gasteiger partial charge >= 0.3 is 0 Å². The molecule has 0 aromatic carbocycles. The van der Waals surface area contributed by atoms with Crippen LogP contribution in [-0.2, 0) is 0 Å². The van der Waals surface area contributed by atoms with Gasteiger partial charge in [0.1, 0.15) is 5.69 Å². The van der Waals surface area contributed by atoms with Crippen LogP contribution in [0.1, 0.15) is 29.8 Å². The number of carbonyl (C=O) groups excluding carboxylic acids is 1. The lowest BCUT2D eigenvalue weighted by molar-refractivity contribution is 0.0645. The first-order valence-electron chi connectivity index (χ1n) is 5.28. The van der Waals surface area contributed by atoms with E-state index in [0.29, 0.717) is 17.6 Å². The predicted molar refractivity (Wildman–Crippen MR) is 59.6 cm³/mol. The number of nitrogen functional groups attached to an aromatic ring is 1. The summed E-state index contributed by atoms with van der Waals surface area (Å²) < 4.78 is 0. The maximum absolute atomic E-state index is 12.0. The Morgan fingerprint density at radius 3 is 2.69 bits per heavy atom. The molecule has 1 heterocycles. The van der Waals surface area contributed by atoms with Crippen molar-refractivity contribution >= 4 is 11.7 Å². The summed E-state index contributed by atoms with van der Waals surface area (Å²) in [5.41, 5.74) is 2.72. The number of hydrazine groups is 1. The Morgan fingerprint density at radius 2 is 2.25 bits per heavy atom. The number of nitrogens with zero attached hydrogens (tertiary/aromatic N) is 3. The first kappa shape index (κ1) is 10.8. The molecule has 6 nitrogen and oxygen atoms in total. The molecule has 1 saturated carbocycles. The molecule has 1 amide bonds. The van der Waals surface area contributed by atoms with Crippen LogP contribution in [-0.4, -0.2) is 33.9 Å². The van der Waals surface area contributed by atoms with E-state index in [1.165, 1.54) is 18.8 Å². The van der Waals surface area contributed by atoms with Crippen molar-refractivity contribution in [2.75, 3.05) is 12.5 Å². The summed E-state index contributed by atoms with van der Waals surface area (Å²) in [7, 11) is 1.81. The minimum atomic E-state index is -0.0826. The van der Waals surface area contributed by atoms with Gasteiger partial charge in [-0.25, -0.2) is 15.8 Å². The fourth-order valence-electron chi connectivity index (χ4n) is 1.63. The van der Waals surface area contributed by atoms with Crippen LogP contribution in [0.25, 0.3) is 0 Å². The van der Waals surface area contributed by atoms with E-state index in [1.807, 2.05) is 7.05 Å². The highest BCUT2D eigenvalue weighted by Crippen LogP contribution is 2.24. The van der Waals surface area contributed by atoms with Gasteiger partial charge in [-0.3, -0.25) is 4.79 Å². The minimum Gasteiger partial charge on any atom is -0.337 e. The quantitative estimate of drug-likeness (QED) is 0.569. The van der Waals surface area contributed by atoms with E-state index < -0.39 is 0 Å². The van der Waals surface area contributed by atoms with Crippen molar-refractivity contribution in [1.29, 1.82) is 0 Å². The number of carbonyl (C=O) groups is 1. The van der Waals surface area contributed by atoms with E-state index in [2.05, 4.69) is 15.4 Å². The Labute approximate surface area is 93.8 Å². The molecule has 0 bridgehead atoms. The van der Waals surface area contributed by atoms with Gasteiger partial charge in [-0.15, -0.1) is 0 Å². The van der Waals surface area contributed by atoms with Gasteiger partial charge in [0.2, 0.25) is 0 Å². The molecule has 0 unspecified atom stereocenters. The molecule has 1 fully saturated rings. The fraction of sp³-hybridized carbons (Fsp3) is 0.500. The van der Waals surface area contributed by atoms with Gasteiger partial charge in [0.25, 0.3) is 5.91 Å². The summed E-state index contributed by atoms with van der Waals surface area (Å²) in [5.74, 6) is 5.53. The number of nitrogens with two attached hydrogens (primary N) is 1. The minimum absolute atomic E-state index is 0.0826. The van der Waals surface area contributed by atoms with Crippen molar-refractivity contribution in [2.24, 2.45) is 5.84 Å². The normalized spacial score (nSPS) is 15.4. The molecule has 3 N–H and O–H groups in total. The molecule has 1 aliphatic carbocycles. The van der Waals surface area contributed by atoms with Crippen LogP contribution in [0, 0.1) is 0 Å². The molecule has 1 aromatic rings. The average molecular weight is 221 g/mol. The van der Waals surface area contributed by atoms with Crippen molar-refractivity contribution in [3.05, 3.63) is 18.1 Å². The number of rotatable bonds is 3. The predicted octanol–water partition coefficient (Wildman–Crippen LogP) is 0.387. The van der Waals surface area contributed by atoms with Crippen molar-refractivity contribution in [1.82, 2.24) is 14.9 Å². The summed E-state index contributed by atoms with van der Waals surface area (Å²) in [6.07, 6.45) is 6.24. The maximum atomic E-state index is 12.0. The van der Waals surface area contributed by atoms with E-state index in [9.17, 15) is 4.79 Å². The van der Waals surface area contributed by atoms with Crippen LogP contribution in [0.5, 0.6) is 0 Å². The second-order valence-corrected chi connectivity index (χ2v) is 3.93. The van der Waals surface area contributed by atoms with Crippen LogP contribution in [0.2, 0.25) is 0 Å². The summed E-state index contributed by atoms with van der Waals surface area (Å²) in [5, 5.41) is 0. The smallest absolute Gasteiger partial charge is 0.274 e. The molecule has 16 heavy (non-hydrogen) atoms. The molecule has 0 atom stereocenters. The molecule has 2 rings (SSSR count). The zero-order chi connectivity index (χ0) is 11.5. The second kappa shape index (κ2) is 4.44. The van der Waals surface area contributed by atoms with E-state index in [4.69, 9.17) is 5.84 Å². The van der Waals surface area contributed by atoms with Gasteiger partial charge < -0.3 is 10.3 Å². The lowest BCUT2D eigenvalue weighted by Crippen LogP contribution is -2.41. The third-order valence-corrected chi connectivity index (χ3v) is 2.96. The summed E-state index contributed by atoms with van der Waals surface area (Å²) >= 11 is 0. The summed E-state index contributed by atoms with van der Waals surface area (Å²) in [6.45, 7) is 0. The highest BCUT2D eigenvalue weighted by atomic mass is 16.2. The topological polar surface area (TPSA) is 84.1 Å². The number of hydrogen-bond acceptors (Lipinski definition) is 5. The van der Waals surface area contributed by atoms with Gasteiger partial charge in [0, 0.05) is 13.1 Å². The number of anilines is 1. The molecular weight excluding hydrogens is 206 g/mol. The fourth-order valence-corrected chi connectivity index (χ4v) is 1.63. The van der Waals surface area contributed by atoms with Crippen LogP contribution < -0.4 is 11.3 Å². The van der Waals surface area contributed by atoms with Crippen molar-refractivity contribution < 1.29 is 4.79 Å². The molecule has 86 valence electrons. The summed E-state index contributed by atoms with van der Waals surface area (Å²) in [6, 6.07) is 0.363. The highest BCUT2D eigenvalue weighted by molar-refractivity contribution is 5.92. The molecule has 1 aliphatic rings. The summed E-state index contributed by atoms with van der Waals surface area (Å²) in [4.78, 5) is 21.7. The molecule has 0 aliphatic heterocycles.